The van der Waals surface area contributed by atoms with Gasteiger partial charge in [0.1, 0.15) is 11.6 Å². The van der Waals surface area contributed by atoms with Crippen molar-refractivity contribution in [3.63, 3.8) is 0 Å². The lowest BCUT2D eigenvalue weighted by molar-refractivity contribution is 0.573. The second kappa shape index (κ2) is 7.70. The molecule has 0 bridgehead atoms. The average molecular weight is 457 g/mol. The first-order chi connectivity index (χ1) is 11.6. The third-order valence-corrected chi connectivity index (χ3v) is 5.12. The summed E-state index contributed by atoms with van der Waals surface area (Å²) in [7, 11) is 1.32. The van der Waals surface area contributed by atoms with Crippen molar-refractivity contribution < 1.29 is 8.78 Å². The summed E-state index contributed by atoms with van der Waals surface area (Å²) in [6, 6.07) is 7.00. The summed E-state index contributed by atoms with van der Waals surface area (Å²) in [5.41, 5.74) is 1.52. The van der Waals surface area contributed by atoms with Crippen LogP contribution in [0.25, 0.3) is 0 Å². The Morgan fingerprint density at radius 3 is 2.88 bits per heavy atom. The predicted octanol–water partition coefficient (Wildman–Crippen LogP) is 4.64. The minimum atomic E-state index is -0.581. The van der Waals surface area contributed by atoms with Gasteiger partial charge >= 0.3 is 0 Å². The van der Waals surface area contributed by atoms with Crippen LogP contribution in [-0.2, 0) is 13.0 Å². The van der Waals surface area contributed by atoms with Gasteiger partial charge in [-0.15, -0.1) is 0 Å². The molecule has 2 nitrogen and oxygen atoms in total. The highest BCUT2D eigenvalue weighted by Gasteiger charge is 2.23. The van der Waals surface area contributed by atoms with Gasteiger partial charge in [0.05, 0.1) is 0 Å². The molecule has 1 atom stereocenters. The lowest BCUT2D eigenvalue weighted by Crippen LogP contribution is -2.25. The number of fused-ring (bicyclic) bond motifs is 1. The second-order valence-corrected chi connectivity index (χ2v) is 7.30. The van der Waals surface area contributed by atoms with E-state index < -0.39 is 17.6 Å². The summed E-state index contributed by atoms with van der Waals surface area (Å²) < 4.78 is 29.7. The monoisotopic (exact) mass is 457 g/mol. The fourth-order valence-electron chi connectivity index (χ4n) is 3.12. The molecule has 0 aliphatic carbocycles. The Hall–Kier alpha value is -1.33. The molecule has 0 amide bonds. The van der Waals surface area contributed by atoms with Crippen molar-refractivity contribution in [3.05, 3.63) is 69.1 Å². The number of benzene rings is 1. The molecule has 6 heteroatoms. The van der Waals surface area contributed by atoms with E-state index in [1.54, 1.807) is 10.6 Å². The van der Waals surface area contributed by atoms with Gasteiger partial charge in [-0.25, -0.2) is 8.78 Å². The SMILES string of the molecule is O=c1c(C(CC#CSI)c2cc(F)ccc2F)ccc2n1CCC2. The van der Waals surface area contributed by atoms with Crippen molar-refractivity contribution in [2.45, 2.75) is 31.7 Å². The summed E-state index contributed by atoms with van der Waals surface area (Å²) in [5, 5.41) is 2.85. The number of pyridine rings is 1. The standard InChI is InChI=1S/C18H14F2INOS/c19-12-5-8-17(20)16(11-12)14(4-2-10-24-21)15-7-6-13-3-1-9-22(13)18(15)23/h5-8,11,14H,1,3-4,9H2. The number of hydrogen-bond donors (Lipinski definition) is 0. The van der Waals surface area contributed by atoms with Crippen LogP contribution in [0.5, 0.6) is 0 Å². The molecule has 0 saturated heterocycles. The molecule has 124 valence electrons. The molecule has 0 N–H and O–H groups in total. The van der Waals surface area contributed by atoms with Crippen molar-refractivity contribution in [2.24, 2.45) is 0 Å². The summed E-state index contributed by atoms with van der Waals surface area (Å²) in [5.74, 6) is 1.32. The van der Waals surface area contributed by atoms with Crippen LogP contribution in [-0.4, -0.2) is 4.57 Å². The van der Waals surface area contributed by atoms with Crippen molar-refractivity contribution in [1.29, 1.82) is 0 Å². The molecular formula is C18H14F2INOS. The molecule has 2 aromatic rings. The third kappa shape index (κ3) is 3.52. The Bertz CT molecular complexity index is 885. The molecular weight excluding hydrogens is 443 g/mol. The molecule has 2 heterocycles. The maximum absolute atomic E-state index is 14.3. The molecule has 0 spiro atoms. The van der Waals surface area contributed by atoms with Crippen LogP contribution in [0.1, 0.15) is 35.6 Å². The average Bonchev–Trinajstić information content (AvgIpc) is 3.05. The number of aromatic nitrogens is 1. The van der Waals surface area contributed by atoms with E-state index in [2.05, 4.69) is 11.2 Å². The van der Waals surface area contributed by atoms with Crippen LogP contribution in [0.15, 0.2) is 35.1 Å². The number of nitrogens with zero attached hydrogens (tertiary/aromatic N) is 1. The maximum atomic E-state index is 14.3. The van der Waals surface area contributed by atoms with Crippen LogP contribution in [0.4, 0.5) is 8.78 Å². The zero-order valence-corrected chi connectivity index (χ0v) is 15.7. The molecule has 0 saturated carbocycles. The maximum Gasteiger partial charge on any atom is 0.254 e. The molecule has 0 fully saturated rings. The van der Waals surface area contributed by atoms with E-state index in [1.807, 2.05) is 27.3 Å². The van der Waals surface area contributed by atoms with E-state index in [0.29, 0.717) is 12.1 Å². The molecule has 1 aliphatic heterocycles. The highest BCUT2D eigenvalue weighted by atomic mass is 127. The van der Waals surface area contributed by atoms with Gasteiger partial charge in [-0.05, 0) is 56.9 Å². The second-order valence-electron chi connectivity index (χ2n) is 5.62. The van der Waals surface area contributed by atoms with Gasteiger partial charge in [0, 0.05) is 51.3 Å². The van der Waals surface area contributed by atoms with Crippen LogP contribution in [0.2, 0.25) is 0 Å². The highest BCUT2D eigenvalue weighted by Crippen LogP contribution is 2.29. The number of aryl methyl sites for hydroxylation is 1. The van der Waals surface area contributed by atoms with Gasteiger partial charge in [-0.3, -0.25) is 4.79 Å². The lowest BCUT2D eigenvalue weighted by Gasteiger charge is -2.17. The van der Waals surface area contributed by atoms with Crippen molar-refractivity contribution in [2.75, 3.05) is 0 Å². The smallest absolute Gasteiger partial charge is 0.254 e. The molecule has 1 unspecified atom stereocenters. The Kier molecular flexibility index (Phi) is 5.61. The third-order valence-electron chi connectivity index (χ3n) is 4.23. The first-order valence-corrected chi connectivity index (χ1v) is 10.9. The Morgan fingerprint density at radius 1 is 1.25 bits per heavy atom. The van der Waals surface area contributed by atoms with Gasteiger partial charge in [0.2, 0.25) is 0 Å². The van der Waals surface area contributed by atoms with Gasteiger partial charge in [0.25, 0.3) is 5.56 Å². The molecule has 24 heavy (non-hydrogen) atoms. The van der Waals surface area contributed by atoms with Gasteiger partial charge in [-0.2, -0.15) is 0 Å². The van der Waals surface area contributed by atoms with Crippen LogP contribution in [0, 0.1) is 22.8 Å². The van der Waals surface area contributed by atoms with Crippen molar-refractivity contribution in [1.82, 2.24) is 4.57 Å². The summed E-state index contributed by atoms with van der Waals surface area (Å²) in [4.78, 5) is 12.8. The zero-order chi connectivity index (χ0) is 17.1. The van der Waals surface area contributed by atoms with Gasteiger partial charge in [0.15, 0.2) is 0 Å². The number of halogens is 3. The normalized spacial score (nSPS) is 14.0. The molecule has 1 aromatic carbocycles. The summed E-state index contributed by atoms with van der Waals surface area (Å²) >= 11 is 2.05. The van der Waals surface area contributed by atoms with E-state index >= 15 is 0 Å². The number of rotatable bonds is 3. The first kappa shape index (κ1) is 17.5. The van der Waals surface area contributed by atoms with E-state index in [-0.39, 0.29) is 17.5 Å². The Morgan fingerprint density at radius 2 is 2.08 bits per heavy atom. The van der Waals surface area contributed by atoms with Crippen molar-refractivity contribution in [3.8, 4) is 11.2 Å². The minimum absolute atomic E-state index is 0.123. The molecule has 1 aliphatic rings. The largest absolute Gasteiger partial charge is 0.312 e. The van der Waals surface area contributed by atoms with E-state index in [0.717, 1.165) is 36.7 Å². The van der Waals surface area contributed by atoms with Gasteiger partial charge in [-0.1, -0.05) is 12.0 Å². The Balaban J connectivity index is 2.12. The number of hydrogen-bond acceptors (Lipinski definition) is 2. The molecule has 3 rings (SSSR count). The summed E-state index contributed by atoms with van der Waals surface area (Å²) in [6.45, 7) is 0.676. The fourth-order valence-corrected chi connectivity index (χ4v) is 3.73. The van der Waals surface area contributed by atoms with Crippen LogP contribution in [0.3, 0.4) is 0 Å². The first-order valence-electron chi connectivity index (χ1n) is 7.55. The topological polar surface area (TPSA) is 22.0 Å². The zero-order valence-electron chi connectivity index (χ0n) is 12.7. The quantitative estimate of drug-likeness (QED) is 0.495. The summed E-state index contributed by atoms with van der Waals surface area (Å²) in [6.07, 6.45) is 2.08. The Labute approximate surface area is 155 Å². The van der Waals surface area contributed by atoms with E-state index in [9.17, 15) is 13.6 Å². The van der Waals surface area contributed by atoms with E-state index in [4.69, 9.17) is 0 Å². The predicted molar refractivity (Wildman–Crippen MR) is 101 cm³/mol. The lowest BCUT2D eigenvalue weighted by atomic mass is 9.89. The van der Waals surface area contributed by atoms with Gasteiger partial charge < -0.3 is 4.57 Å². The van der Waals surface area contributed by atoms with Crippen molar-refractivity contribution >= 4 is 30.1 Å². The van der Waals surface area contributed by atoms with Crippen LogP contribution >= 0.6 is 30.1 Å². The van der Waals surface area contributed by atoms with E-state index in [1.165, 1.54) is 8.93 Å². The fraction of sp³-hybridized carbons (Fsp3) is 0.278. The molecule has 1 aromatic heterocycles. The molecule has 0 radical (unpaired) electrons. The minimum Gasteiger partial charge on any atom is -0.312 e. The highest BCUT2D eigenvalue weighted by molar-refractivity contribution is 14.2. The van der Waals surface area contributed by atoms with Crippen LogP contribution < -0.4 is 5.56 Å².